The predicted octanol–water partition coefficient (Wildman–Crippen LogP) is 0.806. The maximum Gasteiger partial charge on any atom is 0.317 e. The Bertz CT molecular complexity index is 568. The number of aromatic nitrogens is 2. The summed E-state index contributed by atoms with van der Waals surface area (Å²) < 4.78 is 5.78. The lowest BCUT2D eigenvalue weighted by Gasteiger charge is -2.39. The van der Waals surface area contributed by atoms with Gasteiger partial charge in [-0.15, -0.1) is 0 Å². The fourth-order valence-corrected chi connectivity index (χ4v) is 3.62. The molecule has 3 heterocycles. The van der Waals surface area contributed by atoms with E-state index in [9.17, 15) is 4.79 Å². The summed E-state index contributed by atoms with van der Waals surface area (Å²) >= 11 is 0. The molecule has 0 aliphatic carbocycles. The third-order valence-electron chi connectivity index (χ3n) is 5.02. The van der Waals surface area contributed by atoms with Crippen LogP contribution in [0.4, 0.5) is 10.7 Å². The summed E-state index contributed by atoms with van der Waals surface area (Å²) in [5.41, 5.74) is 0. The van der Waals surface area contributed by atoms with Crippen LogP contribution in [0.3, 0.4) is 0 Å². The van der Waals surface area contributed by atoms with Gasteiger partial charge in [0.15, 0.2) is 0 Å². The van der Waals surface area contributed by atoms with Crippen molar-refractivity contribution < 1.29 is 9.53 Å². The van der Waals surface area contributed by atoms with E-state index in [4.69, 9.17) is 4.74 Å². The highest BCUT2D eigenvalue weighted by atomic mass is 16.5. The number of hydrogen-bond acceptors (Lipinski definition) is 6. The van der Waals surface area contributed by atoms with Crippen molar-refractivity contribution in [1.82, 2.24) is 25.1 Å². The molecule has 0 saturated carbocycles. The number of ether oxygens (including phenoxy) is 1. The van der Waals surface area contributed by atoms with Crippen LogP contribution in [0, 0.1) is 0 Å². The van der Waals surface area contributed by atoms with E-state index in [0.29, 0.717) is 25.7 Å². The van der Waals surface area contributed by atoms with E-state index in [0.717, 1.165) is 32.1 Å². The smallest absolute Gasteiger partial charge is 0.317 e. The van der Waals surface area contributed by atoms with Crippen LogP contribution in [0.25, 0.3) is 0 Å². The molecule has 0 aromatic carbocycles. The number of urea groups is 1. The standard InChI is InChI=1S/C18H30N6O2/c1-14(24-12-15(2)26-16(3)13-24)11-21-18(25)23-9-7-22(8-10-23)17-19-5-4-6-20-17/h4-6,14-16H,7-13H2,1-3H3,(H,21,25)/t14-,15+,16+/m0/s1. The van der Waals surface area contributed by atoms with E-state index in [1.54, 1.807) is 12.4 Å². The van der Waals surface area contributed by atoms with Gasteiger partial charge in [-0.3, -0.25) is 4.90 Å². The highest BCUT2D eigenvalue weighted by Gasteiger charge is 2.27. The number of piperazine rings is 1. The van der Waals surface area contributed by atoms with Crippen LogP contribution in [0.2, 0.25) is 0 Å². The Morgan fingerprint density at radius 2 is 1.81 bits per heavy atom. The number of anilines is 1. The molecule has 26 heavy (non-hydrogen) atoms. The first-order valence-corrected chi connectivity index (χ1v) is 9.47. The average molecular weight is 362 g/mol. The molecule has 3 atom stereocenters. The first kappa shape index (κ1) is 18.8. The molecule has 8 nitrogen and oxygen atoms in total. The summed E-state index contributed by atoms with van der Waals surface area (Å²) in [4.78, 5) is 27.4. The van der Waals surface area contributed by atoms with Crippen molar-refractivity contribution in [3.05, 3.63) is 18.5 Å². The van der Waals surface area contributed by atoms with Crippen LogP contribution in [0.5, 0.6) is 0 Å². The summed E-state index contributed by atoms with van der Waals surface area (Å²) in [6, 6.07) is 2.12. The third kappa shape index (κ3) is 4.82. The van der Waals surface area contributed by atoms with Gasteiger partial charge in [0, 0.05) is 64.2 Å². The number of carbonyl (C=O) groups is 1. The summed E-state index contributed by atoms with van der Waals surface area (Å²) in [6.07, 6.45) is 3.97. The fourth-order valence-electron chi connectivity index (χ4n) is 3.62. The topological polar surface area (TPSA) is 73.8 Å². The number of morpholine rings is 1. The van der Waals surface area contributed by atoms with Gasteiger partial charge >= 0.3 is 6.03 Å². The number of hydrogen-bond donors (Lipinski definition) is 1. The van der Waals surface area contributed by atoms with Crippen molar-refractivity contribution in [1.29, 1.82) is 0 Å². The second kappa shape index (κ2) is 8.64. The van der Waals surface area contributed by atoms with Gasteiger partial charge in [0.05, 0.1) is 12.2 Å². The van der Waals surface area contributed by atoms with Crippen molar-refractivity contribution in [2.45, 2.75) is 39.0 Å². The molecule has 0 radical (unpaired) electrons. The first-order chi connectivity index (χ1) is 12.5. The summed E-state index contributed by atoms with van der Waals surface area (Å²) in [7, 11) is 0. The van der Waals surface area contributed by atoms with Crippen LogP contribution in [-0.2, 0) is 4.74 Å². The molecule has 3 rings (SSSR count). The van der Waals surface area contributed by atoms with Gasteiger partial charge in [0.25, 0.3) is 0 Å². The van der Waals surface area contributed by atoms with E-state index in [2.05, 4.69) is 45.9 Å². The van der Waals surface area contributed by atoms with Crippen LogP contribution < -0.4 is 10.2 Å². The number of amides is 2. The summed E-state index contributed by atoms with van der Waals surface area (Å²) in [5, 5.41) is 3.09. The van der Waals surface area contributed by atoms with Gasteiger partial charge in [0.1, 0.15) is 0 Å². The van der Waals surface area contributed by atoms with Crippen molar-refractivity contribution in [3.63, 3.8) is 0 Å². The molecule has 2 aliphatic heterocycles. The molecular formula is C18H30N6O2. The quantitative estimate of drug-likeness (QED) is 0.854. The van der Waals surface area contributed by atoms with E-state index >= 15 is 0 Å². The predicted molar refractivity (Wildman–Crippen MR) is 100 cm³/mol. The average Bonchev–Trinajstić information content (AvgIpc) is 2.66. The molecule has 8 heteroatoms. The Kier molecular flexibility index (Phi) is 6.26. The van der Waals surface area contributed by atoms with E-state index in [-0.39, 0.29) is 18.2 Å². The Balaban J connectivity index is 1.41. The zero-order valence-corrected chi connectivity index (χ0v) is 16.0. The van der Waals surface area contributed by atoms with Gasteiger partial charge in [-0.2, -0.15) is 0 Å². The van der Waals surface area contributed by atoms with Gasteiger partial charge < -0.3 is 19.9 Å². The maximum absolute atomic E-state index is 12.5. The van der Waals surface area contributed by atoms with E-state index < -0.39 is 0 Å². The largest absolute Gasteiger partial charge is 0.373 e. The molecular weight excluding hydrogens is 332 g/mol. The molecule has 1 N–H and O–H groups in total. The lowest BCUT2D eigenvalue weighted by molar-refractivity contribution is -0.0778. The summed E-state index contributed by atoms with van der Waals surface area (Å²) in [5.74, 6) is 0.733. The highest BCUT2D eigenvalue weighted by molar-refractivity contribution is 5.74. The molecule has 0 unspecified atom stereocenters. The highest BCUT2D eigenvalue weighted by Crippen LogP contribution is 2.13. The van der Waals surface area contributed by atoms with E-state index in [1.165, 1.54) is 0 Å². The maximum atomic E-state index is 12.5. The molecule has 1 aromatic heterocycles. The zero-order chi connectivity index (χ0) is 18.5. The van der Waals surface area contributed by atoms with Crippen LogP contribution in [0.1, 0.15) is 20.8 Å². The van der Waals surface area contributed by atoms with Gasteiger partial charge in [-0.1, -0.05) is 0 Å². The molecule has 144 valence electrons. The monoisotopic (exact) mass is 362 g/mol. The van der Waals surface area contributed by atoms with Crippen molar-refractivity contribution >= 4 is 12.0 Å². The van der Waals surface area contributed by atoms with E-state index in [1.807, 2.05) is 11.0 Å². The lowest BCUT2D eigenvalue weighted by atomic mass is 10.2. The Hall–Kier alpha value is -1.93. The van der Waals surface area contributed by atoms with Gasteiger partial charge in [0.2, 0.25) is 5.95 Å². The fraction of sp³-hybridized carbons (Fsp3) is 0.722. The van der Waals surface area contributed by atoms with Crippen molar-refractivity contribution in [2.75, 3.05) is 50.7 Å². The zero-order valence-electron chi connectivity index (χ0n) is 16.0. The van der Waals surface area contributed by atoms with Gasteiger partial charge in [-0.25, -0.2) is 14.8 Å². The lowest BCUT2D eigenvalue weighted by Crippen LogP contribution is -2.55. The van der Waals surface area contributed by atoms with Crippen molar-refractivity contribution in [2.24, 2.45) is 0 Å². The number of nitrogens with zero attached hydrogens (tertiary/aromatic N) is 5. The second-order valence-electron chi connectivity index (χ2n) is 7.27. The Morgan fingerprint density at radius 1 is 1.19 bits per heavy atom. The van der Waals surface area contributed by atoms with Crippen LogP contribution in [-0.4, -0.2) is 89.9 Å². The first-order valence-electron chi connectivity index (χ1n) is 9.47. The minimum absolute atomic E-state index is 0.0137. The molecule has 2 aliphatic rings. The molecule has 1 aromatic rings. The number of rotatable bonds is 4. The van der Waals surface area contributed by atoms with Crippen molar-refractivity contribution in [3.8, 4) is 0 Å². The Labute approximate surface area is 155 Å². The molecule has 2 saturated heterocycles. The SMILES string of the molecule is C[C@@H]1CN([C@@H](C)CNC(=O)N2CCN(c3ncccn3)CC2)C[C@@H](C)O1. The summed E-state index contributed by atoms with van der Waals surface area (Å²) in [6.45, 7) is 11.7. The minimum atomic E-state index is 0.0137. The third-order valence-corrected chi connectivity index (χ3v) is 5.02. The molecule has 2 fully saturated rings. The second-order valence-corrected chi connectivity index (χ2v) is 7.27. The van der Waals surface area contributed by atoms with Crippen LogP contribution >= 0.6 is 0 Å². The normalized spacial score (nSPS) is 25.8. The Morgan fingerprint density at radius 3 is 2.42 bits per heavy atom. The molecule has 0 spiro atoms. The van der Waals surface area contributed by atoms with Gasteiger partial charge in [-0.05, 0) is 26.8 Å². The number of carbonyl (C=O) groups excluding carboxylic acids is 1. The molecule has 0 bridgehead atoms. The number of nitrogens with one attached hydrogen (secondary N) is 1. The molecule has 2 amide bonds. The van der Waals surface area contributed by atoms with Crippen LogP contribution in [0.15, 0.2) is 18.5 Å². The minimum Gasteiger partial charge on any atom is -0.373 e.